The average Bonchev–Trinajstić information content (AvgIpc) is 0.987. The largest absolute Gasteiger partial charge is 0.495 e. The lowest BCUT2D eigenvalue weighted by Crippen LogP contribution is -2.33. The van der Waals surface area contributed by atoms with Crippen molar-refractivity contribution in [2.75, 3.05) is 26.7 Å². The van der Waals surface area contributed by atoms with Crippen molar-refractivity contribution in [1.29, 1.82) is 5.26 Å². The first-order chi connectivity index (χ1) is 56.4. The molecule has 0 aliphatic carbocycles. The third-order valence-electron chi connectivity index (χ3n) is 19.7. The van der Waals surface area contributed by atoms with Crippen LogP contribution in [0.5, 0.6) is 5.75 Å². The van der Waals surface area contributed by atoms with E-state index in [0.29, 0.717) is 90.6 Å². The van der Waals surface area contributed by atoms with Crippen LogP contribution in [-0.2, 0) is 81.6 Å². The van der Waals surface area contributed by atoms with Crippen LogP contribution in [0, 0.1) is 37.9 Å². The van der Waals surface area contributed by atoms with Crippen LogP contribution in [0.4, 0.5) is 4.39 Å². The second-order valence-electron chi connectivity index (χ2n) is 28.4. The van der Waals surface area contributed by atoms with Gasteiger partial charge in [-0.15, -0.1) is 20.4 Å². The Balaban J connectivity index is 0.000000162. The molecule has 0 aliphatic rings. The molecule has 0 unspecified atom stereocenters. The van der Waals surface area contributed by atoms with Crippen molar-refractivity contribution in [3.05, 3.63) is 367 Å². The first kappa shape index (κ1) is 84.8. The number of nitrogens with zero attached hydrogens (tertiary/aromatic N) is 17. The highest BCUT2D eigenvalue weighted by molar-refractivity contribution is 9.10. The number of sulfonamides is 1. The number of benzene rings is 8. The number of unbranched alkanes of at least 4 members (excludes halogenated alkanes) is 1. The normalized spacial score (nSPS) is 11.3. The molecule has 15 aromatic rings. The average molecular weight is 1680 g/mol. The molecule has 8 aromatic carbocycles. The van der Waals surface area contributed by atoms with Crippen LogP contribution in [-0.4, -0.2) is 113 Å². The molecular formula is C92H91BrCl2FN17O3S. The number of rotatable bonds is 31. The maximum atomic E-state index is 14.4. The van der Waals surface area contributed by atoms with E-state index in [-0.39, 0.29) is 37.0 Å². The Morgan fingerprint density at radius 2 is 1.09 bits per heavy atom. The van der Waals surface area contributed by atoms with Gasteiger partial charge in [0.2, 0.25) is 10.0 Å². The van der Waals surface area contributed by atoms with Crippen molar-refractivity contribution < 1.29 is 17.5 Å². The minimum Gasteiger partial charge on any atom is -0.495 e. The van der Waals surface area contributed by atoms with Crippen molar-refractivity contribution in [2.24, 2.45) is 0 Å². The summed E-state index contributed by atoms with van der Waals surface area (Å²) in [7, 11) is -2.62. The number of nitriles is 1. The number of aromatic nitrogens is 13. The Labute approximate surface area is 701 Å². The standard InChI is InChI=1S/C34H36FN5O3S.C29H25BrN6.C28H26Cl2N6.CH4/c1-25-20-28(15-17-31(25)35)29-16-18-32(43-3)33(21-29)44(41,42)40(19-8-7-13-27-11-5-4-6-12-27)23-34-38-36-24-39(34)22-30-14-9-10-26(2)37-30;30-26-12-9-22(10-13-26)15-16-35(19-27-14-11-25-3-1-2-4-28(25)33-27)20-29-32-21-36(34-29)18-24-7-5-23(17-31)6-8-24;1-20-6-8-21(9-7-20)12-13-35(17-24-11-10-23-4-2-3-5-25(23)32-24)18-28-34-31-19-36(28)16-22-14-26(29)33-27(30)15-22;/h4-6,9-12,14-18,20-21,24H,7-8,13,19,22-23H2,1-3H3;1-14,21H,15-16,18-20H2;2-11,14-15,19H,12-13,16-18H2,1H3;1H4. The molecule has 0 saturated heterocycles. The molecule has 7 aromatic heterocycles. The summed E-state index contributed by atoms with van der Waals surface area (Å²) < 4.78 is 56.6. The summed E-state index contributed by atoms with van der Waals surface area (Å²) in [5.41, 5.74) is 15.4. The molecule has 596 valence electrons. The lowest BCUT2D eigenvalue weighted by atomic mass is 10.0. The van der Waals surface area contributed by atoms with E-state index in [0.717, 1.165) is 111 Å². The first-order valence-corrected chi connectivity index (χ1v) is 41.2. The molecule has 0 atom stereocenters. The highest BCUT2D eigenvalue weighted by Crippen LogP contribution is 2.34. The monoisotopic (exact) mass is 1680 g/mol. The Kier molecular flexibility index (Phi) is 29.9. The van der Waals surface area contributed by atoms with Crippen molar-refractivity contribution >= 4 is 71.0 Å². The summed E-state index contributed by atoms with van der Waals surface area (Å²) in [6.07, 6.45) is 9.25. The van der Waals surface area contributed by atoms with Crippen molar-refractivity contribution in [3.8, 4) is 22.9 Å². The van der Waals surface area contributed by atoms with Gasteiger partial charge in [0, 0.05) is 53.7 Å². The fraction of sp³-hybridized carbons (Fsp3) is 0.228. The summed E-state index contributed by atoms with van der Waals surface area (Å²) in [5, 5.41) is 33.7. The molecule has 15 rings (SSSR count). The highest BCUT2D eigenvalue weighted by atomic mass is 79.9. The molecular weight excluding hydrogens is 1590 g/mol. The van der Waals surface area contributed by atoms with Gasteiger partial charge in [-0.05, 0) is 194 Å². The fourth-order valence-electron chi connectivity index (χ4n) is 13.5. The number of halogens is 4. The van der Waals surface area contributed by atoms with Crippen molar-refractivity contribution in [2.45, 2.75) is 118 Å². The van der Waals surface area contributed by atoms with Gasteiger partial charge in [-0.2, -0.15) is 14.7 Å². The Morgan fingerprint density at radius 3 is 1.73 bits per heavy atom. The van der Waals surface area contributed by atoms with Gasteiger partial charge in [-0.25, -0.2) is 27.5 Å². The molecule has 0 aliphatic heterocycles. The maximum absolute atomic E-state index is 14.4. The minimum absolute atomic E-state index is 0. The minimum atomic E-state index is -4.07. The lowest BCUT2D eigenvalue weighted by Gasteiger charge is -2.24. The number of fused-ring (bicyclic) bond motifs is 2. The van der Waals surface area contributed by atoms with Crippen LogP contribution in [0.1, 0.15) is 105 Å². The third kappa shape index (κ3) is 24.3. The number of para-hydroxylation sites is 2. The molecule has 0 spiro atoms. The van der Waals surface area contributed by atoms with Crippen molar-refractivity contribution in [3.63, 3.8) is 0 Å². The third-order valence-corrected chi connectivity index (χ3v) is 22.5. The van der Waals surface area contributed by atoms with E-state index in [1.54, 1.807) is 56.2 Å². The lowest BCUT2D eigenvalue weighted by molar-refractivity contribution is 0.247. The maximum Gasteiger partial charge on any atom is 0.247 e. The van der Waals surface area contributed by atoms with E-state index in [4.69, 9.17) is 48.3 Å². The van der Waals surface area contributed by atoms with Crippen LogP contribution in [0.2, 0.25) is 10.3 Å². The van der Waals surface area contributed by atoms with E-state index < -0.39 is 10.0 Å². The van der Waals surface area contributed by atoms with Crippen LogP contribution in [0.15, 0.2) is 271 Å². The van der Waals surface area contributed by atoms with E-state index in [1.165, 1.54) is 39.7 Å². The summed E-state index contributed by atoms with van der Waals surface area (Å²) in [6, 6.07) is 81.0. The van der Waals surface area contributed by atoms with E-state index in [9.17, 15) is 12.8 Å². The molecule has 0 radical (unpaired) electrons. The Bertz CT molecular complexity index is 5910. The van der Waals surface area contributed by atoms with Crippen LogP contribution >= 0.6 is 39.1 Å². The van der Waals surface area contributed by atoms with Crippen LogP contribution < -0.4 is 4.74 Å². The number of methoxy groups -OCH3 is 1. The fourth-order valence-corrected chi connectivity index (χ4v) is 15.9. The second kappa shape index (κ2) is 41.3. The predicted octanol–water partition coefficient (Wildman–Crippen LogP) is 18.9. The molecule has 0 N–H and O–H groups in total. The van der Waals surface area contributed by atoms with Gasteiger partial charge in [0.1, 0.15) is 57.4 Å². The smallest absolute Gasteiger partial charge is 0.247 e. The summed E-state index contributed by atoms with van der Waals surface area (Å²) in [4.78, 5) is 27.7. The first-order valence-electron chi connectivity index (χ1n) is 38.2. The molecule has 0 fully saturated rings. The highest BCUT2D eigenvalue weighted by Gasteiger charge is 2.30. The zero-order valence-electron chi connectivity index (χ0n) is 64.9. The summed E-state index contributed by atoms with van der Waals surface area (Å²) in [6.45, 7) is 12.0. The van der Waals surface area contributed by atoms with Gasteiger partial charge in [-0.1, -0.05) is 198 Å². The van der Waals surface area contributed by atoms with Crippen LogP contribution in [0.3, 0.4) is 0 Å². The second-order valence-corrected chi connectivity index (χ2v) is 32.0. The molecule has 117 heavy (non-hydrogen) atoms. The molecule has 0 amide bonds. The number of hydrogen-bond donors (Lipinski definition) is 0. The predicted molar refractivity (Wildman–Crippen MR) is 463 cm³/mol. The Hall–Kier alpha value is -11.6. The molecule has 20 nitrogen and oxygen atoms in total. The Morgan fingerprint density at radius 1 is 0.513 bits per heavy atom. The van der Waals surface area contributed by atoms with Gasteiger partial charge in [0.05, 0.1) is 86.1 Å². The number of pyridine rings is 4. The summed E-state index contributed by atoms with van der Waals surface area (Å²) in [5.74, 6) is 2.06. The number of ether oxygens (including phenoxy) is 1. The zero-order chi connectivity index (χ0) is 80.8. The molecule has 7 heterocycles. The van der Waals surface area contributed by atoms with E-state index >= 15 is 0 Å². The topological polar surface area (TPSA) is 221 Å². The van der Waals surface area contributed by atoms with Gasteiger partial charge < -0.3 is 13.9 Å². The molecule has 25 heteroatoms. The molecule has 0 saturated carbocycles. The van der Waals surface area contributed by atoms with Gasteiger partial charge in [-0.3, -0.25) is 24.8 Å². The number of hydrogen-bond acceptors (Lipinski definition) is 16. The quantitative estimate of drug-likeness (QED) is 0.0291. The summed E-state index contributed by atoms with van der Waals surface area (Å²) >= 11 is 15.7. The zero-order valence-corrected chi connectivity index (χ0v) is 68.8. The van der Waals surface area contributed by atoms with Gasteiger partial charge >= 0.3 is 0 Å². The van der Waals surface area contributed by atoms with Crippen molar-refractivity contribution in [1.82, 2.24) is 78.3 Å². The van der Waals surface area contributed by atoms with Gasteiger partial charge in [0.15, 0.2) is 5.82 Å². The SMILES string of the molecule is C.COc1ccc(-c2ccc(F)c(C)c2)cc1S(=O)(=O)N(CCCCc1ccccc1)Cc1nncn1Cc1cccc(C)n1.Cc1ccc(CCN(Cc2ccc3ccccc3n2)Cc2nncn2Cc2cc(Cl)nc(Cl)c2)cc1.N#Cc1ccc(Cn2cnc(CN(CCc3ccc(Br)cc3)Cc3ccc4ccccc4n3)n2)cc1. The van der Waals surface area contributed by atoms with Crippen LogP contribution in [0.25, 0.3) is 32.9 Å². The van der Waals surface area contributed by atoms with E-state index in [1.807, 2.05) is 118 Å². The number of aryl methyl sites for hydroxylation is 4. The van der Waals surface area contributed by atoms with E-state index in [2.05, 4.69) is 183 Å². The van der Waals surface area contributed by atoms with Gasteiger partial charge in [0.25, 0.3) is 0 Å². The molecule has 0 bridgehead atoms.